The number of rotatable bonds is 4. The molecule has 27 heavy (non-hydrogen) atoms. The maximum absolute atomic E-state index is 13.4. The van der Waals surface area contributed by atoms with Gasteiger partial charge in [-0.2, -0.15) is 0 Å². The number of carbonyl (C=O) groups excluding carboxylic acids is 2. The highest BCUT2D eigenvalue weighted by Gasteiger charge is 2.60. The molecule has 1 saturated heterocycles. The van der Waals surface area contributed by atoms with Gasteiger partial charge in [0.2, 0.25) is 5.91 Å². The van der Waals surface area contributed by atoms with E-state index in [-0.39, 0.29) is 18.2 Å². The summed E-state index contributed by atoms with van der Waals surface area (Å²) in [6.45, 7) is 3.91. The van der Waals surface area contributed by atoms with Crippen LogP contribution in [0.4, 0.5) is 11.4 Å². The molecule has 1 N–H and O–H groups in total. The Morgan fingerprint density at radius 2 is 1.78 bits per heavy atom. The monoisotopic (exact) mass is 360 g/mol. The summed E-state index contributed by atoms with van der Waals surface area (Å²) in [6, 6.07) is 18.6. The van der Waals surface area contributed by atoms with Gasteiger partial charge in [-0.25, -0.2) is 0 Å². The fourth-order valence-corrected chi connectivity index (χ4v) is 3.50. The Morgan fingerprint density at radius 3 is 2.41 bits per heavy atom. The molecule has 4 rings (SSSR count). The maximum Gasteiger partial charge on any atom is 0.259 e. The van der Waals surface area contributed by atoms with Crippen molar-refractivity contribution in [3.05, 3.63) is 83.8 Å². The van der Waals surface area contributed by atoms with Gasteiger partial charge in [0.05, 0.1) is 12.7 Å². The molecule has 0 saturated carbocycles. The number of benzene rings is 2. The number of hydrogen-bond acceptors (Lipinski definition) is 3. The number of anilines is 2. The van der Waals surface area contributed by atoms with Crippen molar-refractivity contribution in [1.29, 1.82) is 0 Å². The smallest absolute Gasteiger partial charge is 0.259 e. The first kappa shape index (κ1) is 17.1. The van der Waals surface area contributed by atoms with Gasteiger partial charge in [0.1, 0.15) is 5.76 Å². The third-order valence-corrected chi connectivity index (χ3v) is 5.03. The molecule has 5 nitrogen and oxygen atoms in total. The van der Waals surface area contributed by atoms with Gasteiger partial charge >= 0.3 is 0 Å². The van der Waals surface area contributed by atoms with E-state index in [0.29, 0.717) is 11.4 Å². The first-order valence-electron chi connectivity index (χ1n) is 8.83. The molecule has 1 fully saturated rings. The zero-order valence-corrected chi connectivity index (χ0v) is 15.2. The Balaban J connectivity index is 1.77. The van der Waals surface area contributed by atoms with Crippen molar-refractivity contribution in [1.82, 2.24) is 0 Å². The third-order valence-electron chi connectivity index (χ3n) is 5.03. The van der Waals surface area contributed by atoms with Gasteiger partial charge in [0.15, 0.2) is 5.54 Å². The van der Waals surface area contributed by atoms with Crippen LogP contribution in [0.5, 0.6) is 0 Å². The van der Waals surface area contributed by atoms with Crippen LogP contribution in [0.15, 0.2) is 71.3 Å². The number of aryl methyl sites for hydroxylation is 2. The van der Waals surface area contributed by atoms with Crippen molar-refractivity contribution < 1.29 is 14.0 Å². The van der Waals surface area contributed by atoms with Gasteiger partial charge < -0.3 is 9.73 Å². The van der Waals surface area contributed by atoms with Gasteiger partial charge in [-0.05, 0) is 49.7 Å². The summed E-state index contributed by atoms with van der Waals surface area (Å²) in [5.41, 5.74) is 2.23. The molecule has 0 unspecified atom stereocenters. The lowest BCUT2D eigenvalue weighted by atomic mass is 9.79. The van der Waals surface area contributed by atoms with E-state index in [4.69, 9.17) is 4.42 Å². The van der Waals surface area contributed by atoms with E-state index >= 15 is 0 Å². The fourth-order valence-electron chi connectivity index (χ4n) is 3.50. The number of hydrogen-bond donors (Lipinski definition) is 1. The van der Waals surface area contributed by atoms with E-state index in [2.05, 4.69) is 5.32 Å². The summed E-state index contributed by atoms with van der Waals surface area (Å²) in [6.07, 6.45) is 1.58. The lowest BCUT2D eigenvalue weighted by molar-refractivity contribution is -0.138. The number of para-hydroxylation sites is 1. The van der Waals surface area contributed by atoms with Gasteiger partial charge in [0.25, 0.3) is 5.91 Å². The summed E-state index contributed by atoms with van der Waals surface area (Å²) >= 11 is 0. The predicted molar refractivity (Wildman–Crippen MR) is 103 cm³/mol. The number of amides is 2. The van der Waals surface area contributed by atoms with Gasteiger partial charge in [-0.3, -0.25) is 14.5 Å². The van der Waals surface area contributed by atoms with E-state index in [9.17, 15) is 9.59 Å². The molecule has 1 aromatic heterocycles. The van der Waals surface area contributed by atoms with E-state index in [1.165, 1.54) is 11.2 Å². The summed E-state index contributed by atoms with van der Waals surface area (Å²) in [5.74, 6) is 0.0517. The van der Waals surface area contributed by atoms with Crippen LogP contribution in [0.25, 0.3) is 0 Å². The zero-order chi connectivity index (χ0) is 19.0. The average molecular weight is 360 g/mol. The lowest BCUT2D eigenvalue weighted by Crippen LogP contribution is -2.67. The normalized spacial score (nSPS) is 18.9. The second-order valence-corrected chi connectivity index (χ2v) is 6.85. The van der Waals surface area contributed by atoms with E-state index < -0.39 is 5.54 Å². The highest BCUT2D eigenvalue weighted by atomic mass is 16.3. The Kier molecular flexibility index (Phi) is 4.07. The Hall–Kier alpha value is -3.34. The number of carbonyl (C=O) groups is 2. The molecule has 1 atom stereocenters. The number of furan rings is 1. The maximum atomic E-state index is 13.4. The van der Waals surface area contributed by atoms with E-state index in [1.807, 2.05) is 62.4 Å². The molecule has 0 spiro atoms. The fraction of sp³-hybridized carbons (Fsp3) is 0.182. The Morgan fingerprint density at radius 1 is 1.04 bits per heavy atom. The average Bonchev–Trinajstić information content (AvgIpc) is 3.17. The van der Waals surface area contributed by atoms with Crippen LogP contribution < -0.4 is 10.2 Å². The molecule has 2 amide bonds. The first-order chi connectivity index (χ1) is 13.0. The van der Waals surface area contributed by atoms with Crippen LogP contribution in [0.1, 0.15) is 23.3 Å². The molecule has 0 radical (unpaired) electrons. The van der Waals surface area contributed by atoms with Gasteiger partial charge in [-0.15, -0.1) is 0 Å². The van der Waals surface area contributed by atoms with Crippen molar-refractivity contribution in [2.75, 3.05) is 10.2 Å². The lowest BCUT2D eigenvalue weighted by Gasteiger charge is -2.49. The second kappa shape index (κ2) is 6.43. The van der Waals surface area contributed by atoms with Gasteiger partial charge in [0, 0.05) is 11.4 Å². The minimum Gasteiger partial charge on any atom is -0.466 e. The van der Waals surface area contributed by atoms with Gasteiger partial charge in [-0.1, -0.05) is 35.9 Å². The van der Waals surface area contributed by atoms with Crippen molar-refractivity contribution in [3.8, 4) is 0 Å². The predicted octanol–water partition coefficient (Wildman–Crippen LogP) is 4.17. The largest absolute Gasteiger partial charge is 0.466 e. The first-order valence-corrected chi connectivity index (χ1v) is 8.83. The van der Waals surface area contributed by atoms with Crippen LogP contribution in [-0.2, 0) is 15.1 Å². The second-order valence-electron chi connectivity index (χ2n) is 6.85. The van der Waals surface area contributed by atoms with Crippen molar-refractivity contribution in [2.45, 2.75) is 25.8 Å². The summed E-state index contributed by atoms with van der Waals surface area (Å²) in [5, 5.41) is 2.98. The molecular formula is C22H20N2O3. The van der Waals surface area contributed by atoms with Crippen LogP contribution in [0.2, 0.25) is 0 Å². The summed E-state index contributed by atoms with van der Waals surface area (Å²) < 4.78 is 5.60. The van der Waals surface area contributed by atoms with Crippen LogP contribution >= 0.6 is 0 Å². The van der Waals surface area contributed by atoms with Crippen LogP contribution in [-0.4, -0.2) is 11.8 Å². The van der Waals surface area contributed by atoms with Crippen LogP contribution in [0.3, 0.4) is 0 Å². The number of nitrogens with one attached hydrogen (secondary N) is 1. The highest BCUT2D eigenvalue weighted by Crippen LogP contribution is 2.46. The quantitative estimate of drug-likeness (QED) is 0.711. The van der Waals surface area contributed by atoms with Crippen LogP contribution in [0, 0.1) is 13.8 Å². The molecule has 0 aliphatic carbocycles. The van der Waals surface area contributed by atoms with E-state index in [1.54, 1.807) is 12.1 Å². The summed E-state index contributed by atoms with van der Waals surface area (Å²) in [4.78, 5) is 27.5. The molecule has 136 valence electrons. The number of β-lactam (4-membered cyclic amide) rings is 1. The van der Waals surface area contributed by atoms with Crippen molar-refractivity contribution in [2.24, 2.45) is 0 Å². The minimum absolute atomic E-state index is 0.0616. The molecule has 2 heterocycles. The molecule has 0 bridgehead atoms. The molecular weight excluding hydrogens is 340 g/mol. The SMILES string of the molecule is Cc1ccc(N2C(=O)C[C@@]2(C(=O)Nc2ccccc2C)c2ccco2)cc1. The molecule has 3 aromatic rings. The minimum atomic E-state index is -1.20. The standard InChI is InChI=1S/C22H20N2O3/c1-15-9-11-17(12-10-15)24-20(25)14-22(24,19-8-5-13-27-19)21(26)23-18-7-4-3-6-16(18)2/h3-13H,14H2,1-2H3,(H,23,26)/t22-/m0/s1. The van der Waals surface area contributed by atoms with Crippen molar-refractivity contribution >= 4 is 23.2 Å². The van der Waals surface area contributed by atoms with Crippen molar-refractivity contribution in [3.63, 3.8) is 0 Å². The molecule has 5 heteroatoms. The molecule has 1 aliphatic heterocycles. The third kappa shape index (κ3) is 2.72. The molecule has 1 aliphatic rings. The topological polar surface area (TPSA) is 62.6 Å². The van der Waals surface area contributed by atoms with E-state index in [0.717, 1.165) is 16.8 Å². The number of nitrogens with zero attached hydrogens (tertiary/aromatic N) is 1. The summed E-state index contributed by atoms with van der Waals surface area (Å²) in [7, 11) is 0. The highest BCUT2D eigenvalue weighted by molar-refractivity contribution is 6.16. The zero-order valence-electron chi connectivity index (χ0n) is 15.2. The Bertz CT molecular complexity index is 993. The Labute approximate surface area is 157 Å². The molecule has 2 aromatic carbocycles.